The van der Waals surface area contributed by atoms with Crippen molar-refractivity contribution in [1.82, 2.24) is 0 Å². The Kier molecular flexibility index (Phi) is 9.35. The highest BCUT2D eigenvalue weighted by molar-refractivity contribution is 4.73. The van der Waals surface area contributed by atoms with Crippen molar-refractivity contribution in [1.29, 1.82) is 0 Å². The number of ether oxygens (including phenoxy) is 2. The van der Waals surface area contributed by atoms with Gasteiger partial charge in [-0.15, -0.1) is 0 Å². The lowest BCUT2D eigenvalue weighted by atomic mass is 10.0. The van der Waals surface area contributed by atoms with E-state index >= 15 is 0 Å². The summed E-state index contributed by atoms with van der Waals surface area (Å²) in [5.74, 6) is 0. The van der Waals surface area contributed by atoms with Gasteiger partial charge in [-0.25, -0.2) is 0 Å². The average molecular weight is 203 g/mol. The molecule has 0 fully saturated rings. The zero-order valence-corrected chi connectivity index (χ0v) is 9.79. The summed E-state index contributed by atoms with van der Waals surface area (Å²) in [6, 6.07) is 0.157. The van der Waals surface area contributed by atoms with E-state index in [0.29, 0.717) is 0 Å². The van der Waals surface area contributed by atoms with Crippen molar-refractivity contribution in [2.24, 2.45) is 5.73 Å². The zero-order chi connectivity index (χ0) is 10.8. The first-order valence-electron chi connectivity index (χ1n) is 5.62. The first-order chi connectivity index (χ1) is 6.76. The third-order valence-corrected chi connectivity index (χ3v) is 2.32. The van der Waals surface area contributed by atoms with Crippen LogP contribution in [0.25, 0.3) is 0 Å². The van der Waals surface area contributed by atoms with Crippen LogP contribution in [0.2, 0.25) is 0 Å². The summed E-state index contributed by atoms with van der Waals surface area (Å²) >= 11 is 0. The molecule has 0 saturated carbocycles. The van der Waals surface area contributed by atoms with Gasteiger partial charge in [-0.05, 0) is 26.2 Å². The molecule has 0 aromatic heterocycles. The topological polar surface area (TPSA) is 44.5 Å². The van der Waals surface area contributed by atoms with Crippen molar-refractivity contribution >= 4 is 0 Å². The van der Waals surface area contributed by atoms with Gasteiger partial charge in [0, 0.05) is 26.4 Å². The second-order valence-electron chi connectivity index (χ2n) is 3.58. The summed E-state index contributed by atoms with van der Waals surface area (Å²) in [6.07, 6.45) is 4.41. The lowest BCUT2D eigenvalue weighted by Crippen LogP contribution is -2.37. The van der Waals surface area contributed by atoms with Crippen LogP contribution in [-0.2, 0) is 9.47 Å². The second kappa shape index (κ2) is 9.44. The number of hydrogen-bond donors (Lipinski definition) is 1. The Labute approximate surface area is 88.0 Å². The maximum Gasteiger partial charge on any atom is 0.0725 e. The fourth-order valence-corrected chi connectivity index (χ4v) is 1.57. The Hall–Kier alpha value is -0.120. The van der Waals surface area contributed by atoms with Crippen molar-refractivity contribution in [3.63, 3.8) is 0 Å². The predicted octanol–water partition coefficient (Wildman–Crippen LogP) is 1.95. The molecule has 3 heteroatoms. The van der Waals surface area contributed by atoms with E-state index in [9.17, 15) is 0 Å². The van der Waals surface area contributed by atoms with Crippen LogP contribution in [0.1, 0.15) is 39.5 Å². The molecule has 0 amide bonds. The van der Waals surface area contributed by atoms with Crippen molar-refractivity contribution in [2.45, 2.75) is 51.7 Å². The van der Waals surface area contributed by atoms with Crippen LogP contribution in [0.4, 0.5) is 0 Å². The highest BCUT2D eigenvalue weighted by Crippen LogP contribution is 2.10. The minimum Gasteiger partial charge on any atom is -0.385 e. The van der Waals surface area contributed by atoms with Crippen molar-refractivity contribution in [3.8, 4) is 0 Å². The predicted molar refractivity (Wildman–Crippen MR) is 59.4 cm³/mol. The number of rotatable bonds is 9. The van der Waals surface area contributed by atoms with E-state index in [1.54, 1.807) is 7.11 Å². The standard InChI is InChI=1S/C11H25NO2/c1-4-7-11(14-5-2)10(12)8-6-9-13-3/h10-11H,4-9,12H2,1-3H3. The summed E-state index contributed by atoms with van der Waals surface area (Å²) < 4.78 is 10.6. The molecular formula is C11H25NO2. The molecule has 0 heterocycles. The van der Waals surface area contributed by atoms with Crippen LogP contribution in [0.5, 0.6) is 0 Å². The van der Waals surface area contributed by atoms with Gasteiger partial charge in [0.25, 0.3) is 0 Å². The van der Waals surface area contributed by atoms with E-state index < -0.39 is 0 Å². The van der Waals surface area contributed by atoms with E-state index in [2.05, 4.69) is 6.92 Å². The highest BCUT2D eigenvalue weighted by atomic mass is 16.5. The summed E-state index contributed by atoms with van der Waals surface area (Å²) in [4.78, 5) is 0. The molecule has 2 N–H and O–H groups in total. The lowest BCUT2D eigenvalue weighted by molar-refractivity contribution is 0.0337. The molecule has 0 radical (unpaired) electrons. The Balaban J connectivity index is 3.69. The number of methoxy groups -OCH3 is 1. The normalized spacial score (nSPS) is 15.4. The van der Waals surface area contributed by atoms with Gasteiger partial charge in [-0.2, -0.15) is 0 Å². The van der Waals surface area contributed by atoms with Gasteiger partial charge < -0.3 is 15.2 Å². The van der Waals surface area contributed by atoms with Crippen LogP contribution >= 0.6 is 0 Å². The quantitative estimate of drug-likeness (QED) is 0.582. The Morgan fingerprint density at radius 1 is 1.21 bits per heavy atom. The molecule has 0 spiro atoms. The first kappa shape index (κ1) is 13.9. The maximum absolute atomic E-state index is 6.05. The summed E-state index contributed by atoms with van der Waals surface area (Å²) in [7, 11) is 1.72. The minimum absolute atomic E-state index is 0.157. The third-order valence-electron chi connectivity index (χ3n) is 2.32. The largest absolute Gasteiger partial charge is 0.385 e. The molecule has 0 aliphatic rings. The van der Waals surface area contributed by atoms with Gasteiger partial charge in [0.1, 0.15) is 0 Å². The molecule has 0 aromatic rings. The Bertz CT molecular complexity index is 114. The van der Waals surface area contributed by atoms with Crippen molar-refractivity contribution in [2.75, 3.05) is 20.3 Å². The van der Waals surface area contributed by atoms with Gasteiger partial charge in [-0.3, -0.25) is 0 Å². The Morgan fingerprint density at radius 3 is 2.43 bits per heavy atom. The van der Waals surface area contributed by atoms with E-state index in [0.717, 1.165) is 38.9 Å². The van der Waals surface area contributed by atoms with Crippen LogP contribution in [-0.4, -0.2) is 32.5 Å². The molecule has 2 atom stereocenters. The van der Waals surface area contributed by atoms with E-state index in [4.69, 9.17) is 15.2 Å². The fraction of sp³-hybridized carbons (Fsp3) is 1.00. The molecular weight excluding hydrogens is 178 g/mol. The average Bonchev–Trinajstić information content (AvgIpc) is 2.18. The number of hydrogen-bond acceptors (Lipinski definition) is 3. The minimum atomic E-state index is 0.157. The van der Waals surface area contributed by atoms with Gasteiger partial charge in [0.05, 0.1) is 6.10 Å². The third kappa shape index (κ3) is 6.35. The molecule has 86 valence electrons. The van der Waals surface area contributed by atoms with Crippen LogP contribution in [0, 0.1) is 0 Å². The van der Waals surface area contributed by atoms with Gasteiger partial charge in [0.2, 0.25) is 0 Å². The second-order valence-corrected chi connectivity index (χ2v) is 3.58. The van der Waals surface area contributed by atoms with E-state index in [1.807, 2.05) is 6.92 Å². The molecule has 0 aliphatic carbocycles. The van der Waals surface area contributed by atoms with Crippen LogP contribution < -0.4 is 5.73 Å². The van der Waals surface area contributed by atoms with Crippen LogP contribution in [0.3, 0.4) is 0 Å². The van der Waals surface area contributed by atoms with Gasteiger partial charge in [0.15, 0.2) is 0 Å². The van der Waals surface area contributed by atoms with E-state index in [1.165, 1.54) is 0 Å². The molecule has 2 unspecified atom stereocenters. The lowest BCUT2D eigenvalue weighted by Gasteiger charge is -2.23. The van der Waals surface area contributed by atoms with E-state index in [-0.39, 0.29) is 12.1 Å². The molecule has 0 saturated heterocycles. The molecule has 0 bridgehead atoms. The first-order valence-corrected chi connectivity index (χ1v) is 5.62. The molecule has 0 rings (SSSR count). The monoisotopic (exact) mass is 203 g/mol. The summed E-state index contributed by atoms with van der Waals surface area (Å²) in [5, 5.41) is 0. The molecule has 3 nitrogen and oxygen atoms in total. The maximum atomic E-state index is 6.05. The smallest absolute Gasteiger partial charge is 0.0725 e. The molecule has 0 aliphatic heterocycles. The van der Waals surface area contributed by atoms with Crippen molar-refractivity contribution < 1.29 is 9.47 Å². The van der Waals surface area contributed by atoms with Crippen LogP contribution in [0.15, 0.2) is 0 Å². The highest BCUT2D eigenvalue weighted by Gasteiger charge is 2.16. The number of nitrogens with two attached hydrogens (primary N) is 1. The Morgan fingerprint density at radius 2 is 1.93 bits per heavy atom. The molecule has 0 aromatic carbocycles. The molecule has 14 heavy (non-hydrogen) atoms. The summed E-state index contributed by atoms with van der Waals surface area (Å²) in [6.45, 7) is 5.72. The fourth-order valence-electron chi connectivity index (χ4n) is 1.57. The summed E-state index contributed by atoms with van der Waals surface area (Å²) in [5.41, 5.74) is 6.05. The van der Waals surface area contributed by atoms with Gasteiger partial charge in [-0.1, -0.05) is 13.3 Å². The van der Waals surface area contributed by atoms with Gasteiger partial charge >= 0.3 is 0 Å². The zero-order valence-electron chi connectivity index (χ0n) is 9.79. The SMILES string of the molecule is CCCC(OCC)C(N)CCCOC. The van der Waals surface area contributed by atoms with Crippen molar-refractivity contribution in [3.05, 3.63) is 0 Å².